The molecule has 0 atom stereocenters. The topological polar surface area (TPSA) is 62.5 Å². The number of hydrogen-bond acceptors (Lipinski definition) is 3. The van der Waals surface area contributed by atoms with Gasteiger partial charge in [0.25, 0.3) is 0 Å². The van der Waals surface area contributed by atoms with Crippen molar-refractivity contribution in [1.82, 2.24) is 0 Å². The Morgan fingerprint density at radius 3 is 3.13 bits per heavy atom. The number of aliphatic carboxylic acids is 1. The minimum Gasteiger partial charge on any atom is -0.478 e. The molecule has 4 nitrogen and oxygen atoms in total. The Hall–Kier alpha value is -1.71. The second-order valence-corrected chi connectivity index (χ2v) is 3.92. The summed E-state index contributed by atoms with van der Waals surface area (Å²) in [5.41, 5.74) is 2.37. The third-order valence-electron chi connectivity index (χ3n) is 2.92. The predicted octanol–water partition coefficient (Wildman–Crippen LogP) is 1.66. The fourth-order valence-corrected chi connectivity index (χ4v) is 2.20. The summed E-state index contributed by atoms with van der Waals surface area (Å²) in [5, 5.41) is 12.1. The number of hydrogen-bond donors (Lipinski definition) is 2. The lowest BCUT2D eigenvalue weighted by Gasteiger charge is -2.12. The molecule has 0 saturated carbocycles. The largest absolute Gasteiger partial charge is 0.478 e. The first-order chi connectivity index (χ1) is 7.25. The molecule has 0 bridgehead atoms. The van der Waals surface area contributed by atoms with Crippen LogP contribution in [0.25, 0.3) is 6.08 Å². The molecule has 0 aromatic carbocycles. The van der Waals surface area contributed by atoms with Crippen molar-refractivity contribution in [3.8, 4) is 0 Å². The second-order valence-electron chi connectivity index (χ2n) is 3.92. The van der Waals surface area contributed by atoms with Crippen molar-refractivity contribution in [1.29, 1.82) is 0 Å². The van der Waals surface area contributed by atoms with E-state index in [1.165, 1.54) is 0 Å². The molecule has 3 rings (SSSR count). The standard InChI is InChI=1S/C11H11NO3/c13-11(14)6-4-7-9(5-6)15-8-2-1-3-12-10(7)8/h4,12H,1-3,5H2,(H,13,14). The highest BCUT2D eigenvalue weighted by molar-refractivity contribution is 5.96. The summed E-state index contributed by atoms with van der Waals surface area (Å²) in [7, 11) is 0. The number of fused-ring (bicyclic) bond motifs is 3. The Kier molecular flexibility index (Phi) is 1.65. The number of carbonyl (C=O) groups is 1. The van der Waals surface area contributed by atoms with Crippen LogP contribution in [0.4, 0.5) is 5.69 Å². The number of carboxylic acid groups (broad SMARTS) is 1. The minimum absolute atomic E-state index is 0.416. The maximum atomic E-state index is 10.8. The lowest BCUT2D eigenvalue weighted by Crippen LogP contribution is -2.10. The fourth-order valence-electron chi connectivity index (χ4n) is 2.20. The first-order valence-corrected chi connectivity index (χ1v) is 5.08. The number of aryl methyl sites for hydroxylation is 1. The first-order valence-electron chi connectivity index (χ1n) is 5.08. The number of anilines is 1. The van der Waals surface area contributed by atoms with Crippen LogP contribution >= 0.6 is 0 Å². The summed E-state index contributed by atoms with van der Waals surface area (Å²) in [6, 6.07) is 0. The molecular weight excluding hydrogens is 194 g/mol. The van der Waals surface area contributed by atoms with E-state index in [0.717, 1.165) is 42.2 Å². The van der Waals surface area contributed by atoms with E-state index < -0.39 is 5.97 Å². The van der Waals surface area contributed by atoms with Crippen LogP contribution in [0.5, 0.6) is 0 Å². The van der Waals surface area contributed by atoms with Gasteiger partial charge in [-0.15, -0.1) is 0 Å². The van der Waals surface area contributed by atoms with Gasteiger partial charge >= 0.3 is 5.97 Å². The van der Waals surface area contributed by atoms with E-state index in [4.69, 9.17) is 9.52 Å². The molecular formula is C11H11NO3. The van der Waals surface area contributed by atoms with Crippen LogP contribution in [-0.2, 0) is 17.6 Å². The lowest BCUT2D eigenvalue weighted by atomic mass is 10.1. The SMILES string of the molecule is O=C(O)C1=Cc2c(oc3c2NCCC3)C1. The van der Waals surface area contributed by atoms with E-state index in [-0.39, 0.29) is 0 Å². The van der Waals surface area contributed by atoms with Crippen molar-refractivity contribution in [2.45, 2.75) is 19.3 Å². The normalized spacial score (nSPS) is 17.7. The molecule has 0 spiro atoms. The average Bonchev–Trinajstić information content (AvgIpc) is 2.73. The van der Waals surface area contributed by atoms with Gasteiger partial charge < -0.3 is 14.8 Å². The second kappa shape index (κ2) is 2.89. The highest BCUT2D eigenvalue weighted by Gasteiger charge is 2.28. The van der Waals surface area contributed by atoms with Gasteiger partial charge in [0.15, 0.2) is 0 Å². The van der Waals surface area contributed by atoms with E-state index in [2.05, 4.69) is 5.32 Å². The highest BCUT2D eigenvalue weighted by Crippen LogP contribution is 2.38. The molecule has 0 amide bonds. The Morgan fingerprint density at radius 2 is 2.33 bits per heavy atom. The van der Waals surface area contributed by atoms with Gasteiger partial charge in [0.2, 0.25) is 0 Å². The third-order valence-corrected chi connectivity index (χ3v) is 2.92. The van der Waals surface area contributed by atoms with Crippen LogP contribution in [0, 0.1) is 0 Å². The fraction of sp³-hybridized carbons (Fsp3) is 0.364. The van der Waals surface area contributed by atoms with Gasteiger partial charge in [-0.25, -0.2) is 4.79 Å². The quantitative estimate of drug-likeness (QED) is 0.732. The summed E-state index contributed by atoms with van der Waals surface area (Å²) < 4.78 is 5.65. The van der Waals surface area contributed by atoms with Crippen molar-refractivity contribution in [2.75, 3.05) is 11.9 Å². The summed E-state index contributed by atoms with van der Waals surface area (Å²) in [6.45, 7) is 0.940. The van der Waals surface area contributed by atoms with Crippen molar-refractivity contribution in [3.63, 3.8) is 0 Å². The number of carboxylic acids is 1. The Balaban J connectivity index is 2.07. The van der Waals surface area contributed by atoms with Gasteiger partial charge in [-0.2, -0.15) is 0 Å². The highest BCUT2D eigenvalue weighted by atomic mass is 16.4. The average molecular weight is 205 g/mol. The molecule has 0 radical (unpaired) electrons. The van der Waals surface area contributed by atoms with Gasteiger partial charge in [-0.3, -0.25) is 0 Å². The Morgan fingerprint density at radius 1 is 1.47 bits per heavy atom. The summed E-state index contributed by atoms with van der Waals surface area (Å²) in [5.74, 6) is 0.921. The van der Waals surface area contributed by atoms with Gasteiger partial charge in [-0.05, 0) is 12.5 Å². The van der Waals surface area contributed by atoms with E-state index in [1.807, 2.05) is 0 Å². The summed E-state index contributed by atoms with van der Waals surface area (Å²) in [6.07, 6.45) is 4.16. The van der Waals surface area contributed by atoms with Crippen LogP contribution in [0.2, 0.25) is 0 Å². The van der Waals surface area contributed by atoms with Crippen molar-refractivity contribution in [2.24, 2.45) is 0 Å². The number of furan rings is 1. The molecule has 15 heavy (non-hydrogen) atoms. The molecule has 0 saturated heterocycles. The zero-order chi connectivity index (χ0) is 10.4. The molecule has 1 aromatic heterocycles. The van der Waals surface area contributed by atoms with E-state index in [9.17, 15) is 4.79 Å². The molecule has 2 N–H and O–H groups in total. The zero-order valence-corrected chi connectivity index (χ0v) is 8.17. The number of nitrogens with one attached hydrogen (secondary N) is 1. The number of rotatable bonds is 1. The summed E-state index contributed by atoms with van der Waals surface area (Å²) in [4.78, 5) is 10.8. The molecule has 1 aliphatic carbocycles. The monoisotopic (exact) mass is 205 g/mol. The van der Waals surface area contributed by atoms with Crippen molar-refractivity contribution < 1.29 is 14.3 Å². The van der Waals surface area contributed by atoms with Crippen molar-refractivity contribution >= 4 is 17.7 Å². The van der Waals surface area contributed by atoms with Crippen molar-refractivity contribution in [3.05, 3.63) is 22.7 Å². The zero-order valence-electron chi connectivity index (χ0n) is 8.17. The lowest BCUT2D eigenvalue weighted by molar-refractivity contribution is -0.132. The Bertz CT molecular complexity index is 470. The minimum atomic E-state index is -0.856. The molecule has 2 heterocycles. The molecule has 0 fully saturated rings. The molecule has 1 aromatic rings. The Labute approximate surface area is 86.6 Å². The third kappa shape index (κ3) is 1.17. The van der Waals surface area contributed by atoms with Crippen LogP contribution in [0.3, 0.4) is 0 Å². The van der Waals surface area contributed by atoms with Crippen LogP contribution in [0.15, 0.2) is 9.99 Å². The van der Waals surface area contributed by atoms with Gasteiger partial charge in [-0.1, -0.05) is 0 Å². The van der Waals surface area contributed by atoms with Crippen LogP contribution in [-0.4, -0.2) is 17.6 Å². The molecule has 1 aliphatic heterocycles. The first kappa shape index (κ1) is 8.59. The van der Waals surface area contributed by atoms with E-state index in [1.54, 1.807) is 6.08 Å². The predicted molar refractivity (Wildman–Crippen MR) is 54.8 cm³/mol. The maximum Gasteiger partial charge on any atom is 0.332 e. The molecule has 78 valence electrons. The van der Waals surface area contributed by atoms with Gasteiger partial charge in [0, 0.05) is 30.5 Å². The summed E-state index contributed by atoms with van der Waals surface area (Å²) >= 11 is 0. The van der Waals surface area contributed by atoms with E-state index >= 15 is 0 Å². The van der Waals surface area contributed by atoms with Crippen LogP contribution in [0.1, 0.15) is 23.5 Å². The maximum absolute atomic E-state index is 10.8. The van der Waals surface area contributed by atoms with Crippen LogP contribution < -0.4 is 5.32 Å². The van der Waals surface area contributed by atoms with E-state index in [0.29, 0.717) is 12.0 Å². The molecule has 2 aliphatic rings. The molecule has 4 heteroatoms. The van der Waals surface area contributed by atoms with Gasteiger partial charge in [0.1, 0.15) is 11.5 Å². The smallest absolute Gasteiger partial charge is 0.332 e. The van der Waals surface area contributed by atoms with Gasteiger partial charge in [0.05, 0.1) is 5.69 Å². The molecule has 0 unspecified atom stereocenters.